The van der Waals surface area contributed by atoms with E-state index in [1.54, 1.807) is 12.1 Å². The second kappa shape index (κ2) is 11.8. The maximum absolute atomic E-state index is 13.9. The van der Waals surface area contributed by atoms with Gasteiger partial charge in [0.2, 0.25) is 21.8 Å². The zero-order chi connectivity index (χ0) is 26.3. The summed E-state index contributed by atoms with van der Waals surface area (Å²) in [6, 6.07) is 18.4. The van der Waals surface area contributed by atoms with E-state index >= 15 is 0 Å². The van der Waals surface area contributed by atoms with Crippen molar-refractivity contribution in [3.8, 4) is 0 Å². The number of carbonyl (C=O) groups excluding carboxylic acids is 2. The lowest BCUT2D eigenvalue weighted by Gasteiger charge is -2.33. The molecular weight excluding hydrogens is 488 g/mol. The molecule has 2 amide bonds. The van der Waals surface area contributed by atoms with Crippen LogP contribution in [0.3, 0.4) is 0 Å². The van der Waals surface area contributed by atoms with Crippen LogP contribution in [0, 0.1) is 11.6 Å². The molecule has 0 unspecified atom stereocenters. The highest BCUT2D eigenvalue weighted by molar-refractivity contribution is 7.92. The van der Waals surface area contributed by atoms with Crippen LogP contribution < -0.4 is 9.62 Å². The number of carbonyl (C=O) groups is 2. The SMILES string of the molecule is CNC(=O)[C@@H](Cc1ccccc1)N(Cc1ccc(F)cc1)C(=O)CN(c1cccc(F)c1)S(C)(=O)=O. The molecule has 0 saturated carbocycles. The Labute approximate surface area is 209 Å². The smallest absolute Gasteiger partial charge is 0.244 e. The Morgan fingerprint density at radius 1 is 0.889 bits per heavy atom. The molecule has 0 aliphatic heterocycles. The highest BCUT2D eigenvalue weighted by Gasteiger charge is 2.32. The third kappa shape index (κ3) is 7.11. The second-order valence-corrected chi connectivity index (χ2v) is 10.1. The summed E-state index contributed by atoms with van der Waals surface area (Å²) in [6.45, 7) is -0.740. The van der Waals surface area contributed by atoms with Crippen LogP contribution in [0.2, 0.25) is 0 Å². The van der Waals surface area contributed by atoms with Crippen LogP contribution >= 0.6 is 0 Å². The van der Waals surface area contributed by atoms with Crippen LogP contribution in [0.15, 0.2) is 78.9 Å². The Bertz CT molecular complexity index is 1300. The third-order valence-corrected chi connectivity index (χ3v) is 6.70. The van der Waals surface area contributed by atoms with Gasteiger partial charge in [0.15, 0.2) is 0 Å². The average molecular weight is 516 g/mol. The van der Waals surface area contributed by atoms with Crippen LogP contribution in [0.25, 0.3) is 0 Å². The number of hydrogen-bond donors (Lipinski definition) is 1. The standard InChI is InChI=1S/C26H27F2N3O4S/c1-29-26(33)24(15-19-7-4-3-5-8-19)30(17-20-11-13-21(27)14-12-20)25(32)18-31(36(2,34)35)23-10-6-9-22(28)16-23/h3-14,16,24H,15,17-18H2,1-2H3,(H,29,33)/t24-/m1/s1. The molecular formula is C26H27F2N3O4S. The number of nitrogens with zero attached hydrogens (tertiary/aromatic N) is 2. The van der Waals surface area contributed by atoms with E-state index in [0.29, 0.717) is 5.56 Å². The molecule has 3 aromatic rings. The van der Waals surface area contributed by atoms with Gasteiger partial charge in [0.1, 0.15) is 24.2 Å². The molecule has 0 radical (unpaired) electrons. The van der Waals surface area contributed by atoms with E-state index in [-0.39, 0.29) is 18.7 Å². The molecule has 0 spiro atoms. The Morgan fingerprint density at radius 3 is 2.14 bits per heavy atom. The quantitative estimate of drug-likeness (QED) is 0.450. The number of benzene rings is 3. The summed E-state index contributed by atoms with van der Waals surface area (Å²) in [5.41, 5.74) is 1.31. The molecule has 7 nitrogen and oxygen atoms in total. The van der Waals surface area contributed by atoms with Crippen molar-refractivity contribution in [3.63, 3.8) is 0 Å². The number of nitrogens with one attached hydrogen (secondary N) is 1. The van der Waals surface area contributed by atoms with E-state index in [9.17, 15) is 26.8 Å². The average Bonchev–Trinajstić information content (AvgIpc) is 2.85. The number of likely N-dealkylation sites (N-methyl/N-ethyl adjacent to an activating group) is 1. The Hall–Kier alpha value is -3.79. The molecule has 3 rings (SSSR count). The van der Waals surface area contributed by atoms with E-state index in [0.717, 1.165) is 28.3 Å². The van der Waals surface area contributed by atoms with Crippen LogP contribution in [0.4, 0.5) is 14.5 Å². The summed E-state index contributed by atoms with van der Waals surface area (Å²) in [6.07, 6.45) is 1.07. The lowest BCUT2D eigenvalue weighted by Crippen LogP contribution is -2.52. The van der Waals surface area contributed by atoms with Gasteiger partial charge in [-0.15, -0.1) is 0 Å². The minimum atomic E-state index is -3.98. The van der Waals surface area contributed by atoms with Crippen LogP contribution in [0.5, 0.6) is 0 Å². The normalized spacial score (nSPS) is 12.0. The number of anilines is 1. The molecule has 0 saturated heterocycles. The van der Waals surface area contributed by atoms with E-state index in [1.165, 1.54) is 48.3 Å². The number of rotatable bonds is 10. The van der Waals surface area contributed by atoms with Crippen molar-refractivity contribution in [2.45, 2.75) is 19.0 Å². The maximum Gasteiger partial charge on any atom is 0.244 e. The summed E-state index contributed by atoms with van der Waals surface area (Å²) in [4.78, 5) is 27.9. The molecule has 10 heteroatoms. The second-order valence-electron chi connectivity index (χ2n) is 8.22. The van der Waals surface area contributed by atoms with Crippen LogP contribution in [-0.2, 0) is 32.6 Å². The lowest BCUT2D eigenvalue weighted by molar-refractivity contribution is -0.139. The van der Waals surface area contributed by atoms with Crippen molar-refractivity contribution in [1.82, 2.24) is 10.2 Å². The summed E-state index contributed by atoms with van der Waals surface area (Å²) in [5.74, 6) is -2.26. The molecule has 3 aromatic carbocycles. The van der Waals surface area contributed by atoms with Crippen molar-refractivity contribution < 1.29 is 26.8 Å². The first-order valence-corrected chi connectivity index (χ1v) is 13.0. The van der Waals surface area contributed by atoms with Crippen molar-refractivity contribution in [2.24, 2.45) is 0 Å². The Morgan fingerprint density at radius 2 is 1.56 bits per heavy atom. The van der Waals surface area contributed by atoms with E-state index in [4.69, 9.17) is 0 Å². The summed E-state index contributed by atoms with van der Waals surface area (Å²) < 4.78 is 53.3. The Kier molecular flexibility index (Phi) is 8.76. The fourth-order valence-electron chi connectivity index (χ4n) is 3.75. The lowest BCUT2D eigenvalue weighted by atomic mass is 10.0. The van der Waals surface area contributed by atoms with Gasteiger partial charge in [-0.05, 0) is 41.5 Å². The molecule has 0 bridgehead atoms. The predicted octanol–water partition coefficient (Wildman–Crippen LogP) is 3.12. The molecule has 1 N–H and O–H groups in total. The Balaban J connectivity index is 2.01. The van der Waals surface area contributed by atoms with Crippen LogP contribution in [0.1, 0.15) is 11.1 Å². The minimum Gasteiger partial charge on any atom is -0.357 e. The van der Waals surface area contributed by atoms with E-state index in [2.05, 4.69) is 5.32 Å². The monoisotopic (exact) mass is 515 g/mol. The van der Waals surface area contributed by atoms with Gasteiger partial charge in [0, 0.05) is 20.0 Å². The number of hydrogen-bond acceptors (Lipinski definition) is 4. The number of halogens is 2. The van der Waals surface area contributed by atoms with Crippen molar-refractivity contribution in [3.05, 3.63) is 102 Å². The molecule has 0 aromatic heterocycles. The number of amides is 2. The van der Waals surface area contributed by atoms with Gasteiger partial charge in [-0.3, -0.25) is 13.9 Å². The molecule has 0 aliphatic carbocycles. The van der Waals surface area contributed by atoms with Gasteiger partial charge in [-0.1, -0.05) is 48.5 Å². The van der Waals surface area contributed by atoms with Crippen molar-refractivity contribution >= 4 is 27.5 Å². The molecule has 190 valence electrons. The predicted molar refractivity (Wildman–Crippen MR) is 134 cm³/mol. The first-order chi connectivity index (χ1) is 17.1. The van der Waals surface area contributed by atoms with Gasteiger partial charge >= 0.3 is 0 Å². The minimum absolute atomic E-state index is 0.0212. The maximum atomic E-state index is 13.9. The van der Waals surface area contributed by atoms with E-state index < -0.39 is 46.1 Å². The van der Waals surface area contributed by atoms with Gasteiger partial charge in [-0.25, -0.2) is 17.2 Å². The van der Waals surface area contributed by atoms with E-state index in [1.807, 2.05) is 18.2 Å². The fourth-order valence-corrected chi connectivity index (χ4v) is 4.59. The molecule has 36 heavy (non-hydrogen) atoms. The van der Waals surface area contributed by atoms with Crippen molar-refractivity contribution in [1.29, 1.82) is 0 Å². The highest BCUT2D eigenvalue weighted by atomic mass is 32.2. The summed E-state index contributed by atoms with van der Waals surface area (Å²) >= 11 is 0. The zero-order valence-electron chi connectivity index (χ0n) is 19.9. The van der Waals surface area contributed by atoms with Crippen molar-refractivity contribution in [2.75, 3.05) is 24.2 Å². The molecule has 0 fully saturated rings. The van der Waals surface area contributed by atoms with Crippen LogP contribution in [-0.4, -0.2) is 51.0 Å². The largest absolute Gasteiger partial charge is 0.357 e. The number of sulfonamides is 1. The fraction of sp³-hybridized carbons (Fsp3) is 0.231. The molecule has 1 atom stereocenters. The first kappa shape index (κ1) is 26.8. The summed E-state index contributed by atoms with van der Waals surface area (Å²) in [7, 11) is -2.54. The van der Waals surface area contributed by atoms with Gasteiger partial charge in [-0.2, -0.15) is 0 Å². The topological polar surface area (TPSA) is 86.8 Å². The summed E-state index contributed by atoms with van der Waals surface area (Å²) in [5, 5.41) is 2.56. The third-order valence-electron chi connectivity index (χ3n) is 5.56. The highest BCUT2D eigenvalue weighted by Crippen LogP contribution is 2.21. The van der Waals surface area contributed by atoms with Gasteiger partial charge in [0.05, 0.1) is 11.9 Å². The first-order valence-electron chi connectivity index (χ1n) is 11.1. The van der Waals surface area contributed by atoms with Gasteiger partial charge < -0.3 is 10.2 Å². The van der Waals surface area contributed by atoms with Gasteiger partial charge in [0.25, 0.3) is 0 Å². The molecule has 0 heterocycles. The molecule has 0 aliphatic rings. The zero-order valence-corrected chi connectivity index (χ0v) is 20.7.